The number of nitrogens with one attached hydrogen (secondary N) is 1. The molecule has 1 aliphatic carbocycles. The van der Waals surface area contributed by atoms with E-state index in [0.29, 0.717) is 17.7 Å². The van der Waals surface area contributed by atoms with E-state index in [2.05, 4.69) is 50.4 Å². The van der Waals surface area contributed by atoms with E-state index in [1.54, 1.807) is 0 Å². The topological polar surface area (TPSA) is 58.5 Å². The summed E-state index contributed by atoms with van der Waals surface area (Å²) in [6.45, 7) is 10.2. The maximum absolute atomic E-state index is 13.6. The molecule has 32 heavy (non-hydrogen) atoms. The molecule has 0 saturated heterocycles. The van der Waals surface area contributed by atoms with Gasteiger partial charge in [0.25, 0.3) is 5.91 Å². The lowest BCUT2D eigenvalue weighted by Gasteiger charge is -2.41. The summed E-state index contributed by atoms with van der Waals surface area (Å²) < 4.78 is 0. The lowest BCUT2D eigenvalue weighted by atomic mass is 9.63. The van der Waals surface area contributed by atoms with Gasteiger partial charge in [0.1, 0.15) is 5.78 Å². The Morgan fingerprint density at radius 2 is 1.72 bits per heavy atom. The van der Waals surface area contributed by atoms with Crippen molar-refractivity contribution in [2.75, 3.05) is 5.32 Å². The fraction of sp³-hybridized carbons (Fsp3) is 0.393. The van der Waals surface area contributed by atoms with E-state index < -0.39 is 0 Å². The molecule has 2 aromatic rings. The van der Waals surface area contributed by atoms with Gasteiger partial charge in [0.05, 0.1) is 5.92 Å². The van der Waals surface area contributed by atoms with Crippen LogP contribution >= 0.6 is 0 Å². The Bertz CT molecular complexity index is 1120. The number of rotatable bonds is 4. The Labute approximate surface area is 190 Å². The number of aliphatic imine (C=N–C) groups is 1. The normalized spacial score (nSPS) is 22.3. The zero-order valence-electron chi connectivity index (χ0n) is 19.7. The van der Waals surface area contributed by atoms with Crippen molar-refractivity contribution in [2.24, 2.45) is 16.3 Å². The largest absolute Gasteiger partial charge is 0.322 e. The molecule has 0 aromatic heterocycles. The summed E-state index contributed by atoms with van der Waals surface area (Å²) in [5, 5.41) is 3.08. The monoisotopic (exact) mass is 428 g/mol. The van der Waals surface area contributed by atoms with Crippen LogP contribution in [0, 0.1) is 18.3 Å². The number of carbonyl (C=O) groups excluding carboxylic acids is 2. The minimum absolute atomic E-state index is 0.107. The summed E-state index contributed by atoms with van der Waals surface area (Å²) in [6, 6.07) is 16.1. The molecule has 0 radical (unpaired) electrons. The summed E-state index contributed by atoms with van der Waals surface area (Å²) in [7, 11) is 0. The highest BCUT2D eigenvalue weighted by atomic mass is 16.2. The van der Waals surface area contributed by atoms with E-state index >= 15 is 0 Å². The molecule has 4 nitrogen and oxygen atoms in total. The number of benzene rings is 2. The Balaban J connectivity index is 1.81. The standard InChI is InChI=1S/C28H32N2O2/c1-6-19-11-13-20(14-12-19)25-24(27(32)30-21-10-8-7-9-17(21)2)18(3)29-22-15-28(4,5)16-23(31)26(22)25/h7-14,25-26H,6,15-16H2,1-5H3,(H,30,32)/t25-,26?/m1/s1. The number of amides is 1. The summed E-state index contributed by atoms with van der Waals surface area (Å²) in [6.07, 6.45) is 2.23. The molecule has 2 aliphatic rings. The molecule has 1 saturated carbocycles. The maximum atomic E-state index is 13.6. The second kappa shape index (κ2) is 8.50. The summed E-state index contributed by atoms with van der Waals surface area (Å²) >= 11 is 0. The number of nitrogens with zero attached hydrogens (tertiary/aromatic N) is 1. The van der Waals surface area contributed by atoms with Crippen molar-refractivity contribution in [3.8, 4) is 0 Å². The highest BCUT2D eigenvalue weighted by Gasteiger charge is 2.47. The number of aryl methyl sites for hydroxylation is 2. The number of para-hydroxylation sites is 1. The Morgan fingerprint density at radius 3 is 2.38 bits per heavy atom. The lowest BCUT2D eigenvalue weighted by molar-refractivity contribution is -0.124. The van der Waals surface area contributed by atoms with Gasteiger partial charge in [-0.05, 0) is 54.9 Å². The Morgan fingerprint density at radius 1 is 1.03 bits per heavy atom. The van der Waals surface area contributed by atoms with Crippen molar-refractivity contribution in [3.63, 3.8) is 0 Å². The molecule has 4 rings (SSSR count). The van der Waals surface area contributed by atoms with Crippen molar-refractivity contribution >= 4 is 23.1 Å². The van der Waals surface area contributed by atoms with Crippen LogP contribution in [-0.2, 0) is 16.0 Å². The highest BCUT2D eigenvalue weighted by molar-refractivity contribution is 6.14. The third-order valence-corrected chi connectivity index (χ3v) is 6.75. The predicted molar refractivity (Wildman–Crippen MR) is 130 cm³/mol. The third-order valence-electron chi connectivity index (χ3n) is 6.75. The molecule has 0 bridgehead atoms. The van der Waals surface area contributed by atoms with Gasteiger partial charge in [0.2, 0.25) is 0 Å². The number of allylic oxidation sites excluding steroid dienone is 1. The van der Waals surface area contributed by atoms with Gasteiger partial charge in [0.15, 0.2) is 0 Å². The van der Waals surface area contributed by atoms with Crippen LogP contribution in [0.5, 0.6) is 0 Å². The first-order valence-corrected chi connectivity index (χ1v) is 11.5. The number of ketones is 1. The number of hydrogen-bond acceptors (Lipinski definition) is 3. The van der Waals surface area contributed by atoms with Crippen molar-refractivity contribution in [2.45, 2.75) is 59.8 Å². The van der Waals surface area contributed by atoms with Gasteiger partial charge in [-0.25, -0.2) is 0 Å². The van der Waals surface area contributed by atoms with E-state index in [1.807, 2.05) is 38.1 Å². The molecule has 166 valence electrons. The number of Topliss-reactive ketones (excluding diaryl/α,β-unsaturated/α-hetero) is 1. The van der Waals surface area contributed by atoms with Crippen LogP contribution in [0.4, 0.5) is 5.69 Å². The van der Waals surface area contributed by atoms with E-state index in [4.69, 9.17) is 4.99 Å². The van der Waals surface area contributed by atoms with Crippen LogP contribution in [-0.4, -0.2) is 17.4 Å². The number of hydrogen-bond donors (Lipinski definition) is 1. The van der Waals surface area contributed by atoms with Gasteiger partial charge in [-0.15, -0.1) is 0 Å². The zero-order valence-corrected chi connectivity index (χ0v) is 19.7. The lowest BCUT2D eigenvalue weighted by Crippen LogP contribution is -2.44. The SMILES string of the molecule is CCc1ccc([C@@H]2C(C(=O)Nc3ccccc3C)=C(C)N=C3CC(C)(C)CC(=O)C32)cc1. The quantitative estimate of drug-likeness (QED) is 0.648. The average Bonchev–Trinajstić information content (AvgIpc) is 2.73. The first-order valence-electron chi connectivity index (χ1n) is 11.5. The van der Waals surface area contributed by atoms with E-state index in [-0.39, 0.29) is 28.9 Å². The molecular weight excluding hydrogens is 396 g/mol. The molecular formula is C28H32N2O2. The first kappa shape index (κ1) is 22.2. The van der Waals surface area contributed by atoms with Gasteiger partial charge in [0, 0.05) is 35.0 Å². The molecule has 2 aromatic carbocycles. The van der Waals surface area contributed by atoms with Crippen LogP contribution in [0.15, 0.2) is 64.8 Å². The molecule has 1 aliphatic heterocycles. The molecule has 1 N–H and O–H groups in total. The second-order valence-electron chi connectivity index (χ2n) is 9.91. The van der Waals surface area contributed by atoms with Crippen LogP contribution in [0.1, 0.15) is 63.1 Å². The van der Waals surface area contributed by atoms with Gasteiger partial charge >= 0.3 is 0 Å². The fourth-order valence-electron chi connectivity index (χ4n) is 5.11. The summed E-state index contributed by atoms with van der Waals surface area (Å²) in [5.41, 5.74) is 6.13. The van der Waals surface area contributed by atoms with Crippen molar-refractivity contribution in [1.82, 2.24) is 0 Å². The Kier molecular flexibility index (Phi) is 5.89. The van der Waals surface area contributed by atoms with Gasteiger partial charge in [-0.2, -0.15) is 0 Å². The second-order valence-corrected chi connectivity index (χ2v) is 9.91. The van der Waals surface area contributed by atoms with Crippen LogP contribution < -0.4 is 5.32 Å². The van der Waals surface area contributed by atoms with Crippen molar-refractivity contribution in [1.29, 1.82) is 0 Å². The van der Waals surface area contributed by atoms with Crippen molar-refractivity contribution in [3.05, 3.63) is 76.5 Å². The maximum Gasteiger partial charge on any atom is 0.254 e. The minimum atomic E-state index is -0.378. The summed E-state index contributed by atoms with van der Waals surface area (Å²) in [4.78, 5) is 31.8. The van der Waals surface area contributed by atoms with Gasteiger partial charge < -0.3 is 5.32 Å². The molecule has 4 heteroatoms. The number of anilines is 1. The van der Waals surface area contributed by atoms with E-state index in [0.717, 1.165) is 35.4 Å². The van der Waals surface area contributed by atoms with Crippen LogP contribution in [0.3, 0.4) is 0 Å². The molecule has 0 spiro atoms. The molecule has 1 amide bonds. The zero-order chi connectivity index (χ0) is 23.0. The van der Waals surface area contributed by atoms with Crippen molar-refractivity contribution < 1.29 is 9.59 Å². The van der Waals surface area contributed by atoms with Gasteiger partial charge in [-0.1, -0.05) is 63.2 Å². The van der Waals surface area contributed by atoms with Crippen LogP contribution in [0.2, 0.25) is 0 Å². The first-order chi connectivity index (χ1) is 15.2. The van der Waals surface area contributed by atoms with Gasteiger partial charge in [-0.3, -0.25) is 14.6 Å². The number of carbonyl (C=O) groups is 2. The number of fused-ring (bicyclic) bond motifs is 1. The smallest absolute Gasteiger partial charge is 0.254 e. The molecule has 1 heterocycles. The average molecular weight is 429 g/mol. The molecule has 2 atom stereocenters. The minimum Gasteiger partial charge on any atom is -0.322 e. The highest BCUT2D eigenvalue weighted by Crippen LogP contribution is 2.47. The van der Waals surface area contributed by atoms with E-state index in [1.165, 1.54) is 5.56 Å². The van der Waals surface area contributed by atoms with E-state index in [9.17, 15) is 9.59 Å². The predicted octanol–water partition coefficient (Wildman–Crippen LogP) is 6.01. The summed E-state index contributed by atoms with van der Waals surface area (Å²) in [5.74, 6) is -0.696. The molecule has 1 unspecified atom stereocenters. The fourth-order valence-corrected chi connectivity index (χ4v) is 5.11. The third kappa shape index (κ3) is 4.19. The Hall–Kier alpha value is -3.01. The molecule has 1 fully saturated rings. The van der Waals surface area contributed by atoms with Crippen LogP contribution in [0.25, 0.3) is 0 Å².